The molecule has 11 heteroatoms. The number of halogens is 1. The van der Waals surface area contributed by atoms with Gasteiger partial charge in [-0.15, -0.1) is 0 Å². The van der Waals surface area contributed by atoms with Crippen molar-refractivity contribution in [1.82, 2.24) is 10.2 Å². The summed E-state index contributed by atoms with van der Waals surface area (Å²) < 4.78 is 40.5. The Labute approximate surface area is 268 Å². The number of nitrogens with zero attached hydrogens (tertiary/aromatic N) is 2. The van der Waals surface area contributed by atoms with Gasteiger partial charge in [-0.2, -0.15) is 0 Å². The van der Waals surface area contributed by atoms with Crippen LogP contribution < -0.4 is 19.1 Å². The van der Waals surface area contributed by atoms with Crippen molar-refractivity contribution in [3.8, 4) is 11.5 Å². The van der Waals surface area contributed by atoms with Gasteiger partial charge in [0, 0.05) is 12.6 Å². The first kappa shape index (κ1) is 33.3. The minimum atomic E-state index is -4.22. The van der Waals surface area contributed by atoms with E-state index < -0.39 is 28.5 Å². The lowest BCUT2D eigenvalue weighted by Crippen LogP contribution is -2.53. The molecule has 3 aromatic carbocycles. The molecular formula is C33H40BrN3O6S. The number of aryl methyl sites for hydroxylation is 1. The van der Waals surface area contributed by atoms with Crippen LogP contribution in [0.2, 0.25) is 0 Å². The van der Waals surface area contributed by atoms with Gasteiger partial charge in [0.1, 0.15) is 24.1 Å². The molecule has 1 saturated carbocycles. The highest BCUT2D eigenvalue weighted by atomic mass is 79.9. The van der Waals surface area contributed by atoms with Crippen LogP contribution in [-0.2, 0) is 26.2 Å². The summed E-state index contributed by atoms with van der Waals surface area (Å²) in [6, 6.07) is 17.8. The Bertz CT molecular complexity index is 1560. The molecule has 0 aliphatic heterocycles. The molecular weight excluding hydrogens is 646 g/mol. The van der Waals surface area contributed by atoms with Crippen molar-refractivity contribution in [3.05, 3.63) is 82.3 Å². The number of benzene rings is 3. The second kappa shape index (κ2) is 14.9. The van der Waals surface area contributed by atoms with Gasteiger partial charge in [0.2, 0.25) is 11.8 Å². The molecule has 2 amide bonds. The van der Waals surface area contributed by atoms with Gasteiger partial charge in [-0.1, -0.05) is 49.1 Å². The van der Waals surface area contributed by atoms with Gasteiger partial charge in [0.05, 0.1) is 29.3 Å². The highest BCUT2D eigenvalue weighted by molar-refractivity contribution is 9.10. The summed E-state index contributed by atoms with van der Waals surface area (Å²) in [5.41, 5.74) is 2.02. The van der Waals surface area contributed by atoms with Gasteiger partial charge in [0.15, 0.2) is 0 Å². The summed E-state index contributed by atoms with van der Waals surface area (Å²) in [5, 5.41) is 3.12. The van der Waals surface area contributed by atoms with E-state index in [1.807, 2.05) is 19.1 Å². The van der Waals surface area contributed by atoms with Crippen LogP contribution in [0.25, 0.3) is 0 Å². The summed E-state index contributed by atoms with van der Waals surface area (Å²) in [4.78, 5) is 29.1. The van der Waals surface area contributed by atoms with Gasteiger partial charge in [-0.3, -0.25) is 13.9 Å². The van der Waals surface area contributed by atoms with Crippen LogP contribution >= 0.6 is 15.9 Å². The Balaban J connectivity index is 1.70. The summed E-state index contributed by atoms with van der Waals surface area (Å²) in [7, 11) is -1.16. The first-order valence-corrected chi connectivity index (χ1v) is 16.9. The Morgan fingerprint density at radius 2 is 1.68 bits per heavy atom. The molecule has 4 rings (SSSR count). The van der Waals surface area contributed by atoms with E-state index >= 15 is 0 Å². The number of rotatable bonds is 12. The number of carbonyl (C=O) groups is 2. The average molecular weight is 687 g/mol. The first-order chi connectivity index (χ1) is 21.0. The van der Waals surface area contributed by atoms with E-state index in [2.05, 4.69) is 21.2 Å². The molecule has 1 N–H and O–H groups in total. The number of ether oxygens (including phenoxy) is 2. The molecule has 0 aromatic heterocycles. The van der Waals surface area contributed by atoms with E-state index in [0.29, 0.717) is 21.7 Å². The predicted molar refractivity (Wildman–Crippen MR) is 174 cm³/mol. The summed E-state index contributed by atoms with van der Waals surface area (Å²) in [6.07, 6.45) is 5.06. The SMILES string of the molecule is COc1cccc(CN(C(=O)CN(c2ccc(C)cc2)S(=O)(=O)c2ccc(OC)c(Br)c2)[C@@H](C)C(=O)NC2CCCCC2)c1. The molecule has 0 spiro atoms. The minimum Gasteiger partial charge on any atom is -0.497 e. The molecule has 3 aromatic rings. The number of sulfonamides is 1. The minimum absolute atomic E-state index is 0.0130. The molecule has 0 unspecified atom stereocenters. The van der Waals surface area contributed by atoms with E-state index in [1.54, 1.807) is 56.5 Å². The molecule has 1 fully saturated rings. The van der Waals surface area contributed by atoms with Crippen LogP contribution in [-0.4, -0.2) is 58.0 Å². The Morgan fingerprint density at radius 1 is 0.977 bits per heavy atom. The van der Waals surface area contributed by atoms with Crippen LogP contribution in [0.4, 0.5) is 5.69 Å². The monoisotopic (exact) mass is 685 g/mol. The third-order valence-corrected chi connectivity index (χ3v) is 10.3. The topological polar surface area (TPSA) is 105 Å². The van der Waals surface area contributed by atoms with Crippen molar-refractivity contribution in [2.45, 2.75) is 69.5 Å². The third-order valence-electron chi connectivity index (χ3n) is 7.92. The van der Waals surface area contributed by atoms with Crippen molar-refractivity contribution in [1.29, 1.82) is 0 Å². The van der Waals surface area contributed by atoms with Crippen molar-refractivity contribution in [2.75, 3.05) is 25.1 Å². The zero-order chi connectivity index (χ0) is 31.9. The number of nitrogens with one attached hydrogen (secondary N) is 1. The molecule has 1 aliphatic rings. The van der Waals surface area contributed by atoms with Crippen molar-refractivity contribution in [3.63, 3.8) is 0 Å². The van der Waals surface area contributed by atoms with Gasteiger partial charge in [-0.05, 0) is 90.6 Å². The van der Waals surface area contributed by atoms with Gasteiger partial charge < -0.3 is 19.7 Å². The number of methoxy groups -OCH3 is 2. The molecule has 0 radical (unpaired) electrons. The summed E-state index contributed by atoms with van der Waals surface area (Å²) in [5.74, 6) is 0.306. The molecule has 1 aliphatic carbocycles. The van der Waals surface area contributed by atoms with Crippen LogP contribution in [0.1, 0.15) is 50.2 Å². The van der Waals surface area contributed by atoms with Gasteiger partial charge in [-0.25, -0.2) is 8.42 Å². The summed E-state index contributed by atoms with van der Waals surface area (Å²) in [6.45, 7) is 3.16. The van der Waals surface area contributed by atoms with E-state index in [9.17, 15) is 18.0 Å². The lowest BCUT2D eigenvalue weighted by molar-refractivity contribution is -0.139. The Kier molecular flexibility index (Phi) is 11.3. The molecule has 1 atom stereocenters. The van der Waals surface area contributed by atoms with Crippen molar-refractivity contribution >= 4 is 43.5 Å². The Hall–Kier alpha value is -3.57. The van der Waals surface area contributed by atoms with Crippen LogP contribution in [0.5, 0.6) is 11.5 Å². The number of anilines is 1. The highest BCUT2D eigenvalue weighted by Crippen LogP contribution is 2.31. The normalized spacial score (nSPS) is 14.4. The maximum absolute atomic E-state index is 14.2. The third kappa shape index (κ3) is 8.12. The molecule has 0 bridgehead atoms. The quantitative estimate of drug-likeness (QED) is 0.257. The Morgan fingerprint density at radius 3 is 2.32 bits per heavy atom. The maximum atomic E-state index is 14.2. The lowest BCUT2D eigenvalue weighted by Gasteiger charge is -2.33. The van der Waals surface area contributed by atoms with Crippen LogP contribution in [0.15, 0.2) is 76.1 Å². The molecule has 9 nitrogen and oxygen atoms in total. The van der Waals surface area contributed by atoms with Crippen molar-refractivity contribution < 1.29 is 27.5 Å². The number of hydrogen-bond donors (Lipinski definition) is 1. The van der Waals surface area contributed by atoms with E-state index in [4.69, 9.17) is 9.47 Å². The standard InChI is InChI=1S/C33H40BrN3O6S/c1-23-13-15-27(16-14-23)37(44(40,41)29-17-18-31(43-4)30(34)20-29)22-32(38)36(21-25-9-8-12-28(19-25)42-3)24(2)33(39)35-26-10-6-5-7-11-26/h8-9,12-20,24,26H,5-7,10-11,21-22H2,1-4H3,(H,35,39)/t24-/m0/s1. The van der Waals surface area contributed by atoms with E-state index in [0.717, 1.165) is 47.5 Å². The van der Waals surface area contributed by atoms with E-state index in [-0.39, 0.29) is 23.4 Å². The van der Waals surface area contributed by atoms with Crippen molar-refractivity contribution in [2.24, 2.45) is 0 Å². The largest absolute Gasteiger partial charge is 0.497 e. The number of carbonyl (C=O) groups excluding carboxylic acids is 2. The number of amides is 2. The molecule has 0 saturated heterocycles. The smallest absolute Gasteiger partial charge is 0.264 e. The van der Waals surface area contributed by atoms with Crippen LogP contribution in [0, 0.1) is 6.92 Å². The fraction of sp³-hybridized carbons (Fsp3) is 0.394. The molecule has 236 valence electrons. The zero-order valence-electron chi connectivity index (χ0n) is 25.6. The second-order valence-electron chi connectivity index (χ2n) is 11.0. The fourth-order valence-corrected chi connectivity index (χ4v) is 7.43. The lowest BCUT2D eigenvalue weighted by atomic mass is 9.95. The maximum Gasteiger partial charge on any atom is 0.264 e. The molecule has 0 heterocycles. The van der Waals surface area contributed by atoms with Gasteiger partial charge in [0.25, 0.3) is 10.0 Å². The average Bonchev–Trinajstić information content (AvgIpc) is 3.03. The number of hydrogen-bond acceptors (Lipinski definition) is 6. The van der Waals surface area contributed by atoms with Crippen LogP contribution in [0.3, 0.4) is 0 Å². The zero-order valence-corrected chi connectivity index (χ0v) is 28.0. The highest BCUT2D eigenvalue weighted by Gasteiger charge is 2.33. The fourth-order valence-electron chi connectivity index (χ4n) is 5.29. The van der Waals surface area contributed by atoms with Gasteiger partial charge >= 0.3 is 0 Å². The van der Waals surface area contributed by atoms with E-state index in [1.165, 1.54) is 24.1 Å². The predicted octanol–water partition coefficient (Wildman–Crippen LogP) is 5.84. The first-order valence-electron chi connectivity index (χ1n) is 14.7. The second-order valence-corrected chi connectivity index (χ2v) is 13.8. The summed E-state index contributed by atoms with van der Waals surface area (Å²) >= 11 is 3.38. The molecule has 44 heavy (non-hydrogen) atoms.